The van der Waals surface area contributed by atoms with Crippen LogP contribution in [0, 0.1) is 5.82 Å². The highest BCUT2D eigenvalue weighted by Gasteiger charge is 2.15. The van der Waals surface area contributed by atoms with E-state index in [0.29, 0.717) is 19.4 Å². The molecule has 0 fully saturated rings. The Morgan fingerprint density at radius 2 is 2.27 bits per heavy atom. The first-order valence-electron chi connectivity index (χ1n) is 4.77. The Kier molecular flexibility index (Phi) is 5.02. The third-order valence-corrected chi connectivity index (χ3v) is 2.49. The molecule has 0 aliphatic rings. The maximum absolute atomic E-state index is 13.3. The number of rotatable bonds is 5. The van der Waals surface area contributed by atoms with E-state index < -0.39 is 11.9 Å². The molecule has 0 aliphatic heterocycles. The summed E-state index contributed by atoms with van der Waals surface area (Å²) in [4.78, 5) is 0. The summed E-state index contributed by atoms with van der Waals surface area (Å²) in [6, 6.07) is 4.38. The topological polar surface area (TPSA) is 29.5 Å². The quantitative estimate of drug-likeness (QED) is 0.791. The van der Waals surface area contributed by atoms with Gasteiger partial charge in [-0.25, -0.2) is 4.39 Å². The van der Waals surface area contributed by atoms with Crippen LogP contribution in [0.1, 0.15) is 24.5 Å². The molecule has 0 radical (unpaired) electrons. The number of aliphatic hydroxyl groups excluding tert-OH is 1. The van der Waals surface area contributed by atoms with Crippen LogP contribution in [0.5, 0.6) is 0 Å². The van der Waals surface area contributed by atoms with Crippen molar-refractivity contribution in [2.75, 3.05) is 13.7 Å². The highest BCUT2D eigenvalue weighted by Crippen LogP contribution is 2.28. The van der Waals surface area contributed by atoms with Gasteiger partial charge in [-0.05, 0) is 25.0 Å². The third kappa shape index (κ3) is 3.45. The number of hydrogen-bond donors (Lipinski definition) is 1. The van der Waals surface area contributed by atoms with Crippen LogP contribution < -0.4 is 0 Å². The summed E-state index contributed by atoms with van der Waals surface area (Å²) in [5.41, 5.74) is 0.176. The second-order valence-corrected chi connectivity index (χ2v) is 3.69. The van der Waals surface area contributed by atoms with Crippen molar-refractivity contribution in [3.63, 3.8) is 0 Å². The second kappa shape index (κ2) is 6.05. The standard InChI is InChI=1S/C11H14ClFO2/c1-15-7-3-6-10(14)11-8(12)4-2-5-9(11)13/h2,4-5,10,14H,3,6-7H2,1H3. The number of ether oxygens (including phenoxy) is 1. The molecule has 0 heterocycles. The number of aliphatic hydroxyl groups is 1. The van der Waals surface area contributed by atoms with E-state index in [-0.39, 0.29) is 10.6 Å². The minimum atomic E-state index is -0.867. The molecule has 0 saturated heterocycles. The zero-order chi connectivity index (χ0) is 11.3. The summed E-state index contributed by atoms with van der Waals surface area (Å²) in [5, 5.41) is 9.99. The van der Waals surface area contributed by atoms with E-state index in [4.69, 9.17) is 16.3 Å². The molecule has 1 rings (SSSR count). The monoisotopic (exact) mass is 232 g/mol. The Bertz CT molecular complexity index is 297. The van der Waals surface area contributed by atoms with Crippen LogP contribution in [0.15, 0.2) is 18.2 Å². The van der Waals surface area contributed by atoms with Crippen LogP contribution in [-0.2, 0) is 4.74 Å². The van der Waals surface area contributed by atoms with Gasteiger partial charge in [0.2, 0.25) is 0 Å². The highest BCUT2D eigenvalue weighted by molar-refractivity contribution is 6.31. The molecule has 15 heavy (non-hydrogen) atoms. The number of methoxy groups -OCH3 is 1. The highest BCUT2D eigenvalue weighted by atomic mass is 35.5. The van der Waals surface area contributed by atoms with E-state index in [1.54, 1.807) is 13.2 Å². The minimum Gasteiger partial charge on any atom is -0.388 e. The maximum atomic E-state index is 13.3. The van der Waals surface area contributed by atoms with Crippen LogP contribution in [0.4, 0.5) is 4.39 Å². The summed E-state index contributed by atoms with van der Waals surface area (Å²) < 4.78 is 18.2. The van der Waals surface area contributed by atoms with Gasteiger partial charge in [0.25, 0.3) is 0 Å². The van der Waals surface area contributed by atoms with E-state index in [2.05, 4.69) is 0 Å². The van der Waals surface area contributed by atoms with Gasteiger partial charge in [-0.2, -0.15) is 0 Å². The summed E-state index contributed by atoms with van der Waals surface area (Å²) in [7, 11) is 1.59. The van der Waals surface area contributed by atoms with Crippen molar-refractivity contribution in [2.45, 2.75) is 18.9 Å². The fourth-order valence-electron chi connectivity index (χ4n) is 1.39. The average molecular weight is 233 g/mol. The summed E-state index contributed by atoms with van der Waals surface area (Å²) in [6.07, 6.45) is 0.241. The predicted octanol–water partition coefficient (Wildman–Crippen LogP) is 2.94. The Hall–Kier alpha value is -0.640. The van der Waals surface area contributed by atoms with Crippen molar-refractivity contribution in [1.29, 1.82) is 0 Å². The van der Waals surface area contributed by atoms with Gasteiger partial charge in [0.05, 0.1) is 6.10 Å². The fourth-order valence-corrected chi connectivity index (χ4v) is 1.68. The Balaban J connectivity index is 2.68. The van der Waals surface area contributed by atoms with Crippen molar-refractivity contribution >= 4 is 11.6 Å². The van der Waals surface area contributed by atoms with E-state index in [0.717, 1.165) is 0 Å². The molecule has 84 valence electrons. The number of halogens is 2. The van der Waals surface area contributed by atoms with Gasteiger partial charge in [0.15, 0.2) is 0 Å². The molecular weight excluding hydrogens is 219 g/mol. The lowest BCUT2D eigenvalue weighted by atomic mass is 10.0. The molecule has 0 spiro atoms. The largest absolute Gasteiger partial charge is 0.388 e. The summed E-state index contributed by atoms with van der Waals surface area (Å²) in [6.45, 7) is 0.545. The Morgan fingerprint density at radius 1 is 1.53 bits per heavy atom. The average Bonchev–Trinajstić information content (AvgIpc) is 2.18. The van der Waals surface area contributed by atoms with Gasteiger partial charge < -0.3 is 9.84 Å². The summed E-state index contributed by atoms with van der Waals surface area (Å²) in [5.74, 6) is -0.465. The van der Waals surface area contributed by atoms with Gasteiger partial charge in [0.1, 0.15) is 5.82 Å². The fraction of sp³-hybridized carbons (Fsp3) is 0.455. The normalized spacial score (nSPS) is 12.8. The lowest BCUT2D eigenvalue weighted by molar-refractivity contribution is 0.133. The van der Waals surface area contributed by atoms with Crippen molar-refractivity contribution in [2.24, 2.45) is 0 Å². The van der Waals surface area contributed by atoms with Crippen molar-refractivity contribution in [3.8, 4) is 0 Å². The summed E-state index contributed by atoms with van der Waals surface area (Å²) >= 11 is 5.81. The van der Waals surface area contributed by atoms with Crippen LogP contribution >= 0.6 is 11.6 Å². The lowest BCUT2D eigenvalue weighted by Crippen LogP contribution is -2.03. The third-order valence-electron chi connectivity index (χ3n) is 2.16. The van der Waals surface area contributed by atoms with Crippen molar-refractivity contribution in [3.05, 3.63) is 34.6 Å². The van der Waals surface area contributed by atoms with Crippen LogP contribution in [0.3, 0.4) is 0 Å². The van der Waals surface area contributed by atoms with Gasteiger partial charge in [-0.15, -0.1) is 0 Å². The molecular formula is C11H14ClFO2. The molecule has 1 aromatic carbocycles. The van der Waals surface area contributed by atoms with Gasteiger partial charge in [-0.3, -0.25) is 0 Å². The van der Waals surface area contributed by atoms with Crippen molar-refractivity contribution in [1.82, 2.24) is 0 Å². The molecule has 0 amide bonds. The molecule has 0 bridgehead atoms. The molecule has 0 aliphatic carbocycles. The van der Waals surface area contributed by atoms with Gasteiger partial charge >= 0.3 is 0 Å². The SMILES string of the molecule is COCCCC(O)c1c(F)cccc1Cl. The Morgan fingerprint density at radius 3 is 2.87 bits per heavy atom. The van der Waals surface area contributed by atoms with E-state index in [1.807, 2.05) is 0 Å². The first-order chi connectivity index (χ1) is 7.16. The molecule has 4 heteroatoms. The molecule has 0 saturated carbocycles. The molecule has 1 aromatic rings. The van der Waals surface area contributed by atoms with E-state index >= 15 is 0 Å². The molecule has 2 nitrogen and oxygen atoms in total. The zero-order valence-corrected chi connectivity index (χ0v) is 9.30. The second-order valence-electron chi connectivity index (χ2n) is 3.29. The number of hydrogen-bond acceptors (Lipinski definition) is 2. The van der Waals surface area contributed by atoms with E-state index in [1.165, 1.54) is 12.1 Å². The van der Waals surface area contributed by atoms with Crippen LogP contribution in [-0.4, -0.2) is 18.8 Å². The first kappa shape index (κ1) is 12.4. The molecule has 0 aromatic heterocycles. The first-order valence-corrected chi connectivity index (χ1v) is 5.15. The van der Waals surface area contributed by atoms with Gasteiger partial charge in [0, 0.05) is 24.3 Å². The smallest absolute Gasteiger partial charge is 0.130 e. The molecule has 1 N–H and O–H groups in total. The van der Waals surface area contributed by atoms with Gasteiger partial charge in [-0.1, -0.05) is 17.7 Å². The van der Waals surface area contributed by atoms with Crippen LogP contribution in [0.2, 0.25) is 5.02 Å². The predicted molar refractivity (Wildman–Crippen MR) is 57.5 cm³/mol. The van der Waals surface area contributed by atoms with E-state index in [9.17, 15) is 9.50 Å². The van der Waals surface area contributed by atoms with Crippen LogP contribution in [0.25, 0.3) is 0 Å². The lowest BCUT2D eigenvalue weighted by Gasteiger charge is -2.13. The molecule has 1 atom stereocenters. The van der Waals surface area contributed by atoms with Crippen molar-refractivity contribution < 1.29 is 14.2 Å². The minimum absolute atomic E-state index is 0.176. The number of benzene rings is 1. The maximum Gasteiger partial charge on any atom is 0.130 e. The Labute approximate surface area is 93.6 Å². The zero-order valence-electron chi connectivity index (χ0n) is 8.54. The molecule has 1 unspecified atom stereocenters.